The van der Waals surface area contributed by atoms with Gasteiger partial charge in [-0.3, -0.25) is 0 Å². The number of H-pyrrole nitrogens is 1. The maximum atomic E-state index is 12.4. The van der Waals surface area contributed by atoms with E-state index in [-0.39, 0.29) is 6.04 Å². The van der Waals surface area contributed by atoms with Crippen LogP contribution in [0.2, 0.25) is 0 Å². The van der Waals surface area contributed by atoms with E-state index < -0.39 is 11.7 Å². The van der Waals surface area contributed by atoms with Gasteiger partial charge in [0.05, 0.1) is 24.2 Å². The zero-order chi connectivity index (χ0) is 19.4. The van der Waals surface area contributed by atoms with Crippen LogP contribution in [0, 0.1) is 0 Å². The Kier molecular flexibility index (Phi) is 5.35. The third-order valence-electron chi connectivity index (χ3n) is 4.03. The van der Waals surface area contributed by atoms with Crippen LogP contribution in [0.4, 0.5) is 4.79 Å². The van der Waals surface area contributed by atoms with Crippen LogP contribution in [0.3, 0.4) is 0 Å². The number of aromatic nitrogens is 2. The fourth-order valence-corrected chi connectivity index (χ4v) is 2.80. The van der Waals surface area contributed by atoms with Crippen molar-refractivity contribution in [3.8, 4) is 5.75 Å². The molecule has 0 aliphatic carbocycles. The predicted octanol–water partition coefficient (Wildman–Crippen LogP) is 4.38. The number of methoxy groups -OCH3 is 1. The third kappa shape index (κ3) is 5.00. The van der Waals surface area contributed by atoms with Crippen molar-refractivity contribution in [2.24, 2.45) is 0 Å². The third-order valence-corrected chi connectivity index (χ3v) is 4.03. The van der Waals surface area contributed by atoms with Gasteiger partial charge in [-0.05, 0) is 50.6 Å². The zero-order valence-electron chi connectivity index (χ0n) is 16.1. The molecule has 0 aliphatic heterocycles. The van der Waals surface area contributed by atoms with Gasteiger partial charge in [0.2, 0.25) is 0 Å². The first kappa shape index (κ1) is 18.8. The topological polar surface area (TPSA) is 76.2 Å². The van der Waals surface area contributed by atoms with Gasteiger partial charge < -0.3 is 19.8 Å². The van der Waals surface area contributed by atoms with Crippen LogP contribution in [0.25, 0.3) is 11.0 Å². The molecule has 0 radical (unpaired) electrons. The molecule has 3 aromatic rings. The highest BCUT2D eigenvalue weighted by Gasteiger charge is 2.23. The van der Waals surface area contributed by atoms with Gasteiger partial charge in [0.1, 0.15) is 17.2 Å². The summed E-state index contributed by atoms with van der Waals surface area (Å²) in [5.41, 5.74) is 2.27. The minimum Gasteiger partial charge on any atom is -0.497 e. The molecule has 1 aromatic heterocycles. The van der Waals surface area contributed by atoms with Crippen LogP contribution < -0.4 is 10.1 Å². The number of nitrogens with one attached hydrogen (secondary N) is 2. The van der Waals surface area contributed by atoms with Crippen molar-refractivity contribution < 1.29 is 14.3 Å². The van der Waals surface area contributed by atoms with E-state index in [4.69, 9.17) is 9.47 Å². The number of ether oxygens (including phenoxy) is 2. The number of amides is 1. The Bertz CT molecular complexity index is 877. The highest BCUT2D eigenvalue weighted by atomic mass is 16.6. The number of hydrogen-bond donors (Lipinski definition) is 2. The molecule has 27 heavy (non-hydrogen) atoms. The molecular weight excluding hydrogens is 342 g/mol. The van der Waals surface area contributed by atoms with Crippen LogP contribution in [0.5, 0.6) is 5.75 Å². The van der Waals surface area contributed by atoms with E-state index in [1.165, 1.54) is 0 Å². The summed E-state index contributed by atoms with van der Waals surface area (Å²) in [6, 6.07) is 15.2. The summed E-state index contributed by atoms with van der Waals surface area (Å²) in [5, 5.41) is 2.94. The molecule has 6 nitrogen and oxygen atoms in total. The van der Waals surface area contributed by atoms with Gasteiger partial charge in [-0.25, -0.2) is 9.78 Å². The fourth-order valence-electron chi connectivity index (χ4n) is 2.80. The Morgan fingerprint density at radius 1 is 1.15 bits per heavy atom. The Hall–Kier alpha value is -3.02. The second kappa shape index (κ2) is 7.70. The van der Waals surface area contributed by atoms with Crippen molar-refractivity contribution in [1.29, 1.82) is 0 Å². The number of alkyl carbamates (subject to hydrolysis) is 1. The van der Waals surface area contributed by atoms with E-state index in [1.807, 2.05) is 69.3 Å². The molecule has 2 N–H and O–H groups in total. The zero-order valence-corrected chi connectivity index (χ0v) is 16.1. The lowest BCUT2D eigenvalue weighted by molar-refractivity contribution is 0.0501. The van der Waals surface area contributed by atoms with E-state index in [0.717, 1.165) is 22.3 Å². The van der Waals surface area contributed by atoms with Crippen molar-refractivity contribution in [1.82, 2.24) is 15.3 Å². The standard InChI is InChI=1S/C21H25N3O3/c1-21(2,3)27-20(25)24-18(13-14-9-11-15(26-4)12-10-14)19-22-16-7-5-6-8-17(16)23-19/h5-12,18H,13H2,1-4H3,(H,22,23)(H,24,25). The highest BCUT2D eigenvalue weighted by molar-refractivity contribution is 5.75. The predicted molar refractivity (Wildman–Crippen MR) is 105 cm³/mol. The van der Waals surface area contributed by atoms with Crippen molar-refractivity contribution in [2.45, 2.75) is 38.8 Å². The summed E-state index contributed by atoms with van der Waals surface area (Å²) in [6.07, 6.45) is 0.102. The van der Waals surface area contributed by atoms with Crippen LogP contribution in [0.1, 0.15) is 38.2 Å². The van der Waals surface area contributed by atoms with Gasteiger partial charge in [-0.2, -0.15) is 0 Å². The van der Waals surface area contributed by atoms with Gasteiger partial charge in [0.25, 0.3) is 0 Å². The summed E-state index contributed by atoms with van der Waals surface area (Å²) in [6.45, 7) is 5.52. The number of carbonyl (C=O) groups is 1. The SMILES string of the molecule is COc1ccc(CC(NC(=O)OC(C)(C)C)c2nc3ccccc3[nH]2)cc1. The van der Waals surface area contributed by atoms with Gasteiger partial charge in [-0.1, -0.05) is 24.3 Å². The molecule has 0 saturated carbocycles. The minimum atomic E-state index is -0.567. The molecule has 0 fully saturated rings. The first-order valence-corrected chi connectivity index (χ1v) is 8.91. The molecule has 2 aromatic carbocycles. The van der Waals surface area contributed by atoms with Crippen LogP contribution >= 0.6 is 0 Å². The monoisotopic (exact) mass is 367 g/mol. The van der Waals surface area contributed by atoms with Gasteiger partial charge in [0.15, 0.2) is 0 Å². The van der Waals surface area contributed by atoms with E-state index in [2.05, 4.69) is 15.3 Å². The van der Waals surface area contributed by atoms with E-state index >= 15 is 0 Å². The molecule has 1 heterocycles. The molecule has 1 atom stereocenters. The molecule has 1 unspecified atom stereocenters. The summed E-state index contributed by atoms with van der Waals surface area (Å²) >= 11 is 0. The lowest BCUT2D eigenvalue weighted by Gasteiger charge is -2.23. The van der Waals surface area contributed by atoms with Crippen LogP contribution in [-0.2, 0) is 11.2 Å². The van der Waals surface area contributed by atoms with E-state index in [9.17, 15) is 4.79 Å². The lowest BCUT2D eigenvalue weighted by Crippen LogP contribution is -2.36. The Morgan fingerprint density at radius 3 is 2.48 bits per heavy atom. The van der Waals surface area contributed by atoms with Gasteiger partial charge >= 0.3 is 6.09 Å². The first-order valence-electron chi connectivity index (χ1n) is 8.91. The fraction of sp³-hybridized carbons (Fsp3) is 0.333. The van der Waals surface area contributed by atoms with Crippen molar-refractivity contribution >= 4 is 17.1 Å². The molecule has 3 rings (SSSR count). The number of para-hydroxylation sites is 2. The average Bonchev–Trinajstić information content (AvgIpc) is 3.04. The highest BCUT2D eigenvalue weighted by Crippen LogP contribution is 2.22. The second-order valence-electron chi connectivity index (χ2n) is 7.39. The quantitative estimate of drug-likeness (QED) is 0.702. The Morgan fingerprint density at radius 2 is 1.85 bits per heavy atom. The largest absolute Gasteiger partial charge is 0.497 e. The molecule has 6 heteroatoms. The normalized spacial score (nSPS) is 12.6. The molecule has 142 valence electrons. The number of nitrogens with zero attached hydrogens (tertiary/aromatic N) is 1. The minimum absolute atomic E-state index is 0.347. The van der Waals surface area contributed by atoms with Crippen molar-refractivity contribution in [3.63, 3.8) is 0 Å². The number of imidazole rings is 1. The number of aromatic amines is 1. The van der Waals surface area contributed by atoms with Crippen molar-refractivity contribution in [3.05, 3.63) is 59.9 Å². The van der Waals surface area contributed by atoms with Crippen LogP contribution in [-0.4, -0.2) is 28.8 Å². The smallest absolute Gasteiger partial charge is 0.408 e. The summed E-state index contributed by atoms with van der Waals surface area (Å²) in [7, 11) is 1.64. The lowest BCUT2D eigenvalue weighted by atomic mass is 10.1. The summed E-state index contributed by atoms with van der Waals surface area (Å²) in [5.74, 6) is 1.48. The van der Waals surface area contributed by atoms with E-state index in [0.29, 0.717) is 12.2 Å². The molecule has 0 spiro atoms. The summed E-state index contributed by atoms with van der Waals surface area (Å²) < 4.78 is 10.6. The van der Waals surface area contributed by atoms with E-state index in [1.54, 1.807) is 7.11 Å². The molecule has 0 saturated heterocycles. The number of rotatable bonds is 5. The summed E-state index contributed by atoms with van der Waals surface area (Å²) in [4.78, 5) is 20.3. The number of fused-ring (bicyclic) bond motifs is 1. The number of carbonyl (C=O) groups excluding carboxylic acids is 1. The second-order valence-corrected chi connectivity index (χ2v) is 7.39. The first-order chi connectivity index (χ1) is 12.8. The Balaban J connectivity index is 1.86. The maximum Gasteiger partial charge on any atom is 0.408 e. The molecule has 1 amide bonds. The van der Waals surface area contributed by atoms with Gasteiger partial charge in [0, 0.05) is 6.42 Å². The van der Waals surface area contributed by atoms with Crippen molar-refractivity contribution in [2.75, 3.05) is 7.11 Å². The van der Waals surface area contributed by atoms with Gasteiger partial charge in [-0.15, -0.1) is 0 Å². The number of benzene rings is 2. The maximum absolute atomic E-state index is 12.4. The van der Waals surface area contributed by atoms with Crippen LogP contribution in [0.15, 0.2) is 48.5 Å². The Labute approximate surface area is 158 Å². The molecule has 0 aliphatic rings. The average molecular weight is 367 g/mol. The molecular formula is C21H25N3O3. The molecule has 0 bridgehead atoms. The number of hydrogen-bond acceptors (Lipinski definition) is 4.